The van der Waals surface area contributed by atoms with Crippen LogP contribution in [0, 0.1) is 23.7 Å². The highest BCUT2D eigenvalue weighted by Crippen LogP contribution is 2.55. The Kier molecular flexibility index (Phi) is 3.80. The highest BCUT2D eigenvalue weighted by molar-refractivity contribution is 7.84. The number of nitrogens with one attached hydrogen (secondary N) is 1. The summed E-state index contributed by atoms with van der Waals surface area (Å²) in [5, 5.41) is 15.6. The molecular weight excluding hydrogens is 302 g/mol. The van der Waals surface area contributed by atoms with Crippen molar-refractivity contribution in [1.82, 2.24) is 10.3 Å². The van der Waals surface area contributed by atoms with E-state index in [0.29, 0.717) is 10.6 Å². The number of nitrogens with zero attached hydrogens (tertiary/aromatic N) is 2. The largest absolute Gasteiger partial charge is 0.319 e. The lowest BCUT2D eigenvalue weighted by molar-refractivity contribution is -0.125. The van der Waals surface area contributed by atoms with E-state index >= 15 is 0 Å². The van der Waals surface area contributed by atoms with Gasteiger partial charge in [0.25, 0.3) is 0 Å². The average molecular weight is 319 g/mol. The minimum Gasteiger partial charge on any atom is -0.319 e. The van der Waals surface area contributed by atoms with Crippen molar-refractivity contribution < 1.29 is 4.79 Å². The van der Waals surface area contributed by atoms with Gasteiger partial charge in [-0.15, -0.1) is 24.0 Å². The van der Waals surface area contributed by atoms with Crippen LogP contribution in [-0.4, -0.2) is 10.9 Å². The number of allylic oxidation sites excluding steroid dienone is 1. The van der Waals surface area contributed by atoms with Crippen LogP contribution in [0.15, 0.2) is 16.0 Å². The Balaban J connectivity index is 2.16. The Morgan fingerprint density at radius 2 is 2.19 bits per heavy atom. The van der Waals surface area contributed by atoms with Crippen LogP contribution in [-0.2, 0) is 4.79 Å². The molecule has 0 saturated heterocycles. The molecule has 1 unspecified atom stereocenters. The molecule has 1 amide bonds. The van der Waals surface area contributed by atoms with Crippen molar-refractivity contribution in [3.63, 3.8) is 0 Å². The number of aryl methyl sites for hydroxylation is 1. The van der Waals surface area contributed by atoms with Gasteiger partial charge in [-0.2, -0.15) is 5.26 Å². The fourth-order valence-electron chi connectivity index (χ4n) is 3.62. The van der Waals surface area contributed by atoms with E-state index < -0.39 is 5.41 Å². The molecule has 2 heterocycles. The molecule has 1 atom stereocenters. The molecule has 110 valence electrons. The van der Waals surface area contributed by atoms with Crippen LogP contribution < -0.4 is 5.32 Å². The lowest BCUT2D eigenvalue weighted by atomic mass is 9.60. The van der Waals surface area contributed by atoms with Gasteiger partial charge in [0.15, 0.2) is 0 Å². The van der Waals surface area contributed by atoms with Crippen molar-refractivity contribution in [2.45, 2.75) is 44.9 Å². The number of hydrogen-bond donors (Lipinski definition) is 2. The quantitative estimate of drug-likeness (QED) is 0.781. The van der Waals surface area contributed by atoms with Crippen molar-refractivity contribution in [3.8, 4) is 6.07 Å². The molecule has 0 bridgehead atoms. The summed E-state index contributed by atoms with van der Waals surface area (Å²) in [7, 11) is 0. The van der Waals surface area contributed by atoms with Gasteiger partial charge < -0.3 is 5.32 Å². The zero-order valence-corrected chi connectivity index (χ0v) is 13.6. The highest BCUT2D eigenvalue weighted by Gasteiger charge is 2.52. The van der Waals surface area contributed by atoms with Crippen molar-refractivity contribution in [2.24, 2.45) is 5.41 Å². The van der Waals surface area contributed by atoms with E-state index in [9.17, 15) is 10.1 Å². The van der Waals surface area contributed by atoms with Gasteiger partial charge in [-0.3, -0.25) is 4.79 Å². The Bertz CT molecular complexity index is 650. The van der Waals surface area contributed by atoms with Gasteiger partial charge in [-0.05, 0) is 19.8 Å². The first-order valence-electron chi connectivity index (χ1n) is 7.15. The molecule has 1 N–H and O–H groups in total. The molecule has 1 spiro atoms. The minimum atomic E-state index is -0.420. The van der Waals surface area contributed by atoms with Crippen molar-refractivity contribution >= 4 is 29.9 Å². The van der Waals surface area contributed by atoms with Crippen LogP contribution in [0.2, 0.25) is 0 Å². The summed E-state index contributed by atoms with van der Waals surface area (Å²) >= 11 is 5.86. The van der Waals surface area contributed by atoms with Gasteiger partial charge in [-0.25, -0.2) is 4.98 Å². The Morgan fingerprint density at radius 1 is 1.48 bits per heavy atom. The first kappa shape index (κ1) is 14.6. The molecule has 3 rings (SSSR count). The van der Waals surface area contributed by atoms with E-state index in [0.717, 1.165) is 42.8 Å². The normalized spacial score (nSPS) is 24.8. The molecule has 0 radical (unpaired) electrons. The molecule has 1 aliphatic heterocycles. The second-order valence-corrected chi connectivity index (χ2v) is 7.14. The minimum absolute atomic E-state index is 0.0738. The van der Waals surface area contributed by atoms with Crippen LogP contribution in [0.3, 0.4) is 0 Å². The molecular formula is C15H17N3OS2. The predicted octanol–water partition coefficient (Wildman–Crippen LogP) is 3.28. The van der Waals surface area contributed by atoms with Crippen LogP contribution >= 0.6 is 24.0 Å². The van der Waals surface area contributed by atoms with Crippen LogP contribution in [0.1, 0.15) is 48.7 Å². The Labute approximate surface area is 133 Å². The summed E-state index contributed by atoms with van der Waals surface area (Å²) in [6, 6.07) is 2.31. The zero-order chi connectivity index (χ0) is 15.0. The van der Waals surface area contributed by atoms with Gasteiger partial charge in [0, 0.05) is 16.5 Å². The monoisotopic (exact) mass is 319 g/mol. The lowest BCUT2D eigenvalue weighted by Gasteiger charge is -2.44. The van der Waals surface area contributed by atoms with Crippen molar-refractivity contribution in [2.75, 3.05) is 0 Å². The first-order chi connectivity index (χ1) is 10.1. The fraction of sp³-hybridized carbons (Fsp3) is 0.533. The van der Waals surface area contributed by atoms with E-state index in [1.54, 1.807) is 0 Å². The second kappa shape index (κ2) is 5.47. The fourth-order valence-corrected chi connectivity index (χ4v) is 5.01. The third-order valence-electron chi connectivity index (χ3n) is 4.53. The summed E-state index contributed by atoms with van der Waals surface area (Å²) in [6.07, 6.45) is 4.96. The number of thiol groups is 1. The van der Waals surface area contributed by atoms with Crippen LogP contribution in [0.25, 0.3) is 0 Å². The van der Waals surface area contributed by atoms with Crippen molar-refractivity contribution in [3.05, 3.63) is 26.7 Å². The highest BCUT2D eigenvalue weighted by atomic mass is 32.1. The summed E-state index contributed by atoms with van der Waals surface area (Å²) in [6.45, 7) is 1.93. The maximum Gasteiger partial charge on any atom is 0.235 e. The second-order valence-electron chi connectivity index (χ2n) is 5.80. The van der Waals surface area contributed by atoms with E-state index in [2.05, 4.69) is 29.0 Å². The molecule has 4 nitrogen and oxygen atoms in total. The van der Waals surface area contributed by atoms with Gasteiger partial charge in [0.05, 0.1) is 16.7 Å². The maximum absolute atomic E-state index is 12.6. The zero-order valence-electron chi connectivity index (χ0n) is 11.8. The number of nitriles is 1. The summed E-state index contributed by atoms with van der Waals surface area (Å²) < 4.78 is 0. The molecule has 21 heavy (non-hydrogen) atoms. The summed E-state index contributed by atoms with van der Waals surface area (Å²) in [5.74, 6) is -0.433. The number of carbonyl (C=O) groups excluding carboxylic acids is 1. The van der Waals surface area contributed by atoms with Gasteiger partial charge in [0.2, 0.25) is 5.91 Å². The molecule has 1 saturated carbocycles. The number of amides is 1. The third kappa shape index (κ3) is 2.29. The topological polar surface area (TPSA) is 65.8 Å². The number of thiazole rings is 1. The van der Waals surface area contributed by atoms with Crippen molar-refractivity contribution in [1.29, 1.82) is 5.26 Å². The number of hydrogen-bond acceptors (Lipinski definition) is 5. The molecule has 1 fully saturated rings. The molecule has 6 heteroatoms. The molecule has 1 aromatic heterocycles. The van der Waals surface area contributed by atoms with E-state index in [-0.39, 0.29) is 11.8 Å². The summed E-state index contributed by atoms with van der Waals surface area (Å²) in [4.78, 5) is 17.1. The van der Waals surface area contributed by atoms with Crippen LogP contribution in [0.5, 0.6) is 0 Å². The number of aromatic nitrogens is 1. The lowest BCUT2D eigenvalue weighted by Crippen LogP contribution is -2.47. The average Bonchev–Trinajstić information content (AvgIpc) is 2.86. The summed E-state index contributed by atoms with van der Waals surface area (Å²) in [5.41, 5.74) is 1.13. The SMILES string of the molecule is Cc1csc(C2C(=O)NC(S)=C(C#N)C23CCCCC3)n1. The van der Waals surface area contributed by atoms with E-state index in [1.165, 1.54) is 11.3 Å². The van der Waals surface area contributed by atoms with Crippen LogP contribution in [0.4, 0.5) is 0 Å². The molecule has 1 aromatic rings. The standard InChI is InChI=1S/C15H17N3OS2/c1-9-8-21-14(17-9)11-12(19)18-13(20)10(7-16)15(11)5-3-2-4-6-15/h8,11,20H,2-6H2,1H3,(H,18,19). The maximum atomic E-state index is 12.6. The molecule has 0 aromatic carbocycles. The van der Waals surface area contributed by atoms with Gasteiger partial charge in [0.1, 0.15) is 10.9 Å². The van der Waals surface area contributed by atoms with Gasteiger partial charge >= 0.3 is 0 Å². The number of rotatable bonds is 1. The Morgan fingerprint density at radius 3 is 2.76 bits per heavy atom. The predicted molar refractivity (Wildman–Crippen MR) is 84.9 cm³/mol. The Hall–Kier alpha value is -1.32. The first-order valence-corrected chi connectivity index (χ1v) is 8.48. The van der Waals surface area contributed by atoms with E-state index in [1.807, 2.05) is 12.3 Å². The smallest absolute Gasteiger partial charge is 0.235 e. The van der Waals surface area contributed by atoms with Gasteiger partial charge in [-0.1, -0.05) is 19.3 Å². The third-order valence-corrected chi connectivity index (χ3v) is 5.90. The molecule has 1 aliphatic carbocycles. The van der Waals surface area contributed by atoms with E-state index in [4.69, 9.17) is 0 Å². The number of carbonyl (C=O) groups is 1. The molecule has 2 aliphatic rings.